The number of carbonyl (C=O) groups excluding carboxylic acids is 1. The lowest BCUT2D eigenvalue weighted by Crippen LogP contribution is -2.40. The highest BCUT2D eigenvalue weighted by molar-refractivity contribution is 7.89. The number of carbonyl (C=O) groups is 1. The summed E-state index contributed by atoms with van der Waals surface area (Å²) in [6.45, 7) is -0.582. The average Bonchev–Trinajstić information content (AvgIpc) is 3.42. The van der Waals surface area contributed by atoms with Crippen LogP contribution in [0.2, 0.25) is 0 Å². The molecule has 4 aromatic rings. The maximum absolute atomic E-state index is 14.5. The zero-order chi connectivity index (χ0) is 33.4. The molecule has 0 spiro atoms. The first-order chi connectivity index (χ1) is 21.5. The van der Waals surface area contributed by atoms with Crippen LogP contribution in [0.5, 0.6) is 0 Å². The van der Waals surface area contributed by atoms with Gasteiger partial charge in [-0.3, -0.25) is 14.8 Å². The van der Waals surface area contributed by atoms with E-state index in [2.05, 4.69) is 15.0 Å². The summed E-state index contributed by atoms with van der Waals surface area (Å²) >= 11 is 0. The minimum Gasteiger partial charge on any atom is -0.298 e. The van der Waals surface area contributed by atoms with E-state index in [0.717, 1.165) is 65.2 Å². The summed E-state index contributed by atoms with van der Waals surface area (Å²) < 4.78 is 133. The second kappa shape index (κ2) is 12.5. The lowest BCUT2D eigenvalue weighted by molar-refractivity contribution is -0.141. The van der Waals surface area contributed by atoms with Crippen molar-refractivity contribution in [3.63, 3.8) is 0 Å². The molecule has 4 heterocycles. The minimum atomic E-state index is -4.71. The Hall–Kier alpha value is -4.31. The molecule has 0 N–H and O–H groups in total. The first kappa shape index (κ1) is 33.1. The Morgan fingerprint density at radius 3 is 1.80 bits per heavy atom. The lowest BCUT2D eigenvalue weighted by Gasteiger charge is -2.23. The van der Waals surface area contributed by atoms with Crippen molar-refractivity contribution in [3.05, 3.63) is 95.8 Å². The molecule has 0 aliphatic carbocycles. The maximum atomic E-state index is 14.5. The van der Waals surface area contributed by atoms with Crippen LogP contribution in [0.3, 0.4) is 0 Å². The monoisotopic (exact) mass is 670 g/mol. The fourth-order valence-corrected chi connectivity index (χ4v) is 6.59. The molecule has 0 bridgehead atoms. The third-order valence-electron chi connectivity index (χ3n) is 7.24. The molecule has 5 rings (SSSR count). The third kappa shape index (κ3) is 7.22. The highest BCUT2D eigenvalue weighted by Gasteiger charge is 2.43. The normalized spacial score (nSPS) is 17.7. The van der Waals surface area contributed by atoms with Crippen molar-refractivity contribution < 1.29 is 48.3 Å². The van der Waals surface area contributed by atoms with Gasteiger partial charge in [-0.1, -0.05) is 0 Å². The Bertz CT molecular complexity index is 1760. The number of pyridine rings is 3. The van der Waals surface area contributed by atoms with Gasteiger partial charge in [0, 0.05) is 42.9 Å². The van der Waals surface area contributed by atoms with Gasteiger partial charge in [0.1, 0.15) is 23.4 Å². The summed E-state index contributed by atoms with van der Waals surface area (Å²) in [5.74, 6) is -1.32. The molecule has 1 aromatic carbocycles. The summed E-state index contributed by atoms with van der Waals surface area (Å²) in [6, 6.07) is 9.06. The van der Waals surface area contributed by atoms with Gasteiger partial charge in [-0.05, 0) is 72.6 Å². The molecule has 46 heavy (non-hydrogen) atoms. The Kier molecular flexibility index (Phi) is 8.96. The predicted octanol–water partition coefficient (Wildman–Crippen LogP) is 6.69. The van der Waals surface area contributed by atoms with E-state index < -0.39 is 70.5 Å². The van der Waals surface area contributed by atoms with E-state index in [4.69, 9.17) is 0 Å². The molecule has 0 amide bonds. The zero-order valence-electron chi connectivity index (χ0n) is 23.4. The van der Waals surface area contributed by atoms with Crippen LogP contribution in [0.15, 0.2) is 78.0 Å². The van der Waals surface area contributed by atoms with Crippen LogP contribution in [0.4, 0.5) is 35.1 Å². The third-order valence-corrected chi connectivity index (χ3v) is 9.13. The highest BCUT2D eigenvalue weighted by Crippen LogP contribution is 2.33. The molecule has 0 saturated carbocycles. The van der Waals surface area contributed by atoms with Crippen LogP contribution < -0.4 is 0 Å². The number of ketones is 1. The molecule has 1 saturated heterocycles. The number of aromatic nitrogens is 3. The number of rotatable bonds is 8. The van der Waals surface area contributed by atoms with Crippen molar-refractivity contribution in [2.45, 2.75) is 48.7 Å². The van der Waals surface area contributed by atoms with E-state index in [1.165, 1.54) is 12.1 Å². The maximum Gasteiger partial charge on any atom is 0.433 e. The van der Waals surface area contributed by atoms with Crippen LogP contribution in [-0.4, -0.2) is 52.2 Å². The standard InChI is InChI=1S/C30H22F8N4O3S/c31-20-4-6-22(7-5-20)46(44,45)42-16-21(32)13-25(42)26(43)8-1-17-11-23(18-2-9-27(39-14-18)29(33,34)35)41-24(12-17)19-3-10-28(40-15-19)30(36,37)38/h2-7,9-12,14-15,21,25H,1,8,13,16H2/t21-,25+/m1/s1. The van der Waals surface area contributed by atoms with Crippen molar-refractivity contribution in [1.29, 1.82) is 0 Å². The first-order valence-corrected chi connectivity index (χ1v) is 15.0. The van der Waals surface area contributed by atoms with Gasteiger partial charge in [-0.2, -0.15) is 30.6 Å². The van der Waals surface area contributed by atoms with E-state index in [1.54, 1.807) is 0 Å². The van der Waals surface area contributed by atoms with Gasteiger partial charge in [0.2, 0.25) is 10.0 Å². The topological polar surface area (TPSA) is 93.1 Å². The molecule has 2 atom stereocenters. The van der Waals surface area contributed by atoms with Gasteiger partial charge in [-0.15, -0.1) is 0 Å². The van der Waals surface area contributed by atoms with Crippen molar-refractivity contribution in [2.24, 2.45) is 0 Å². The molecular weight excluding hydrogens is 648 g/mol. The molecule has 1 aliphatic heterocycles. The van der Waals surface area contributed by atoms with Gasteiger partial charge in [-0.25, -0.2) is 22.2 Å². The van der Waals surface area contributed by atoms with E-state index in [0.29, 0.717) is 5.56 Å². The summed E-state index contributed by atoms with van der Waals surface area (Å²) in [4.78, 5) is 24.2. The van der Waals surface area contributed by atoms with E-state index in [-0.39, 0.29) is 40.3 Å². The lowest BCUT2D eigenvalue weighted by atomic mass is 9.99. The molecule has 0 unspecified atom stereocenters. The van der Waals surface area contributed by atoms with E-state index in [1.807, 2.05) is 0 Å². The van der Waals surface area contributed by atoms with Crippen molar-refractivity contribution in [2.75, 3.05) is 6.54 Å². The molecule has 1 aliphatic rings. The van der Waals surface area contributed by atoms with Gasteiger partial charge in [0.05, 0.1) is 22.3 Å². The Labute approximate surface area is 257 Å². The molecule has 1 fully saturated rings. The summed E-state index contributed by atoms with van der Waals surface area (Å²) in [7, 11) is -4.36. The number of sulfonamides is 1. The van der Waals surface area contributed by atoms with E-state index in [9.17, 15) is 48.3 Å². The Balaban J connectivity index is 1.44. The fourth-order valence-electron chi connectivity index (χ4n) is 4.94. The highest BCUT2D eigenvalue weighted by atomic mass is 32.2. The number of halogens is 8. The summed E-state index contributed by atoms with van der Waals surface area (Å²) in [6.07, 6.45) is -9.97. The molecule has 3 aromatic heterocycles. The van der Waals surface area contributed by atoms with Gasteiger partial charge in [0.25, 0.3) is 0 Å². The van der Waals surface area contributed by atoms with Crippen LogP contribution in [-0.2, 0) is 33.6 Å². The number of alkyl halides is 7. The first-order valence-electron chi connectivity index (χ1n) is 13.5. The van der Waals surface area contributed by atoms with Crippen molar-refractivity contribution in [1.82, 2.24) is 19.3 Å². The number of hydrogen-bond acceptors (Lipinski definition) is 6. The van der Waals surface area contributed by atoms with Crippen molar-refractivity contribution >= 4 is 15.8 Å². The number of aryl methyl sites for hydroxylation is 1. The van der Waals surface area contributed by atoms with Gasteiger partial charge >= 0.3 is 12.4 Å². The van der Waals surface area contributed by atoms with Crippen LogP contribution >= 0.6 is 0 Å². The largest absolute Gasteiger partial charge is 0.433 e. The van der Waals surface area contributed by atoms with Crippen LogP contribution in [0.1, 0.15) is 29.8 Å². The van der Waals surface area contributed by atoms with Crippen LogP contribution in [0, 0.1) is 5.82 Å². The average molecular weight is 671 g/mol. The fraction of sp³-hybridized carbons (Fsp3) is 0.267. The van der Waals surface area contributed by atoms with E-state index >= 15 is 0 Å². The number of Topliss-reactive ketones (excluding diaryl/α,β-unsaturated/α-hetero) is 1. The molecule has 16 heteroatoms. The molecule has 0 radical (unpaired) electrons. The molecular formula is C30H22F8N4O3S. The summed E-state index contributed by atoms with van der Waals surface area (Å²) in [5, 5.41) is 0. The zero-order valence-corrected chi connectivity index (χ0v) is 24.2. The SMILES string of the molecule is O=C(CCc1cc(-c2ccc(C(F)(F)F)nc2)nc(-c2ccc(C(F)(F)F)nc2)c1)[C@@H]1C[C@@H](F)CN1S(=O)(=O)c1ccc(F)cc1. The smallest absolute Gasteiger partial charge is 0.298 e. The predicted molar refractivity (Wildman–Crippen MR) is 148 cm³/mol. The van der Waals surface area contributed by atoms with Gasteiger partial charge < -0.3 is 0 Å². The quantitative estimate of drug-likeness (QED) is 0.194. The Morgan fingerprint density at radius 2 is 1.35 bits per heavy atom. The number of benzene rings is 1. The second-order valence-corrected chi connectivity index (χ2v) is 12.3. The second-order valence-electron chi connectivity index (χ2n) is 10.4. The van der Waals surface area contributed by atoms with Gasteiger partial charge in [0.15, 0.2) is 5.78 Å². The van der Waals surface area contributed by atoms with Crippen LogP contribution in [0.25, 0.3) is 22.5 Å². The number of hydrogen-bond donors (Lipinski definition) is 0. The van der Waals surface area contributed by atoms with Crippen molar-refractivity contribution in [3.8, 4) is 22.5 Å². The molecule has 7 nitrogen and oxygen atoms in total. The summed E-state index contributed by atoms with van der Waals surface area (Å²) in [5.41, 5.74) is -1.50. The molecule has 242 valence electrons. The minimum absolute atomic E-state index is 0.0681. The number of nitrogens with zero attached hydrogens (tertiary/aromatic N) is 4. The Morgan fingerprint density at radius 1 is 0.826 bits per heavy atom.